The van der Waals surface area contributed by atoms with Gasteiger partial charge in [0.2, 0.25) is 0 Å². The van der Waals surface area contributed by atoms with Crippen LogP contribution in [0, 0.1) is 5.41 Å². The summed E-state index contributed by atoms with van der Waals surface area (Å²) in [6.45, 7) is 1.39. The van der Waals surface area contributed by atoms with Gasteiger partial charge in [0.05, 0.1) is 12.2 Å². The van der Waals surface area contributed by atoms with Crippen molar-refractivity contribution in [2.24, 2.45) is 5.41 Å². The van der Waals surface area contributed by atoms with Gasteiger partial charge in [-0.3, -0.25) is 0 Å². The first-order chi connectivity index (χ1) is 8.45. The van der Waals surface area contributed by atoms with Crippen LogP contribution in [0.5, 0.6) is 0 Å². The summed E-state index contributed by atoms with van der Waals surface area (Å²) in [4.78, 5) is 0. The fraction of sp³-hybridized carbons (Fsp3) is 0.538. The zero-order valence-corrected chi connectivity index (χ0v) is 11.4. The Balaban J connectivity index is 2.11. The molecule has 0 saturated carbocycles. The molecule has 0 amide bonds. The van der Waals surface area contributed by atoms with Crippen LogP contribution in [0.2, 0.25) is 0 Å². The predicted molar refractivity (Wildman–Crippen MR) is 66.8 cm³/mol. The number of hydrogen-bond acceptors (Lipinski definition) is 1. The molecule has 1 atom stereocenters. The molecule has 2 rings (SSSR count). The van der Waals surface area contributed by atoms with E-state index in [4.69, 9.17) is 4.74 Å². The number of alkyl halides is 4. The van der Waals surface area contributed by atoms with Crippen molar-refractivity contribution in [3.63, 3.8) is 0 Å². The fourth-order valence-electron chi connectivity index (χ4n) is 2.19. The van der Waals surface area contributed by atoms with E-state index in [0.29, 0.717) is 6.61 Å². The second kappa shape index (κ2) is 5.21. The summed E-state index contributed by atoms with van der Waals surface area (Å²) in [5, 5.41) is 0.807. The largest absolute Gasteiger partial charge is 0.416 e. The monoisotopic (exact) mass is 322 g/mol. The minimum absolute atomic E-state index is 0.0275. The van der Waals surface area contributed by atoms with Crippen molar-refractivity contribution in [1.82, 2.24) is 0 Å². The summed E-state index contributed by atoms with van der Waals surface area (Å²) in [7, 11) is 0. The molecule has 1 saturated heterocycles. The van der Waals surface area contributed by atoms with Gasteiger partial charge in [-0.1, -0.05) is 28.1 Å². The fourth-order valence-corrected chi connectivity index (χ4v) is 2.83. The number of hydrogen-bond donors (Lipinski definition) is 0. The highest BCUT2D eigenvalue weighted by molar-refractivity contribution is 9.09. The molecule has 1 nitrogen and oxygen atoms in total. The minimum Gasteiger partial charge on any atom is -0.381 e. The van der Waals surface area contributed by atoms with Gasteiger partial charge in [-0.05, 0) is 30.5 Å². The van der Waals surface area contributed by atoms with E-state index in [1.165, 1.54) is 0 Å². The number of halogens is 4. The molecule has 1 aliphatic rings. The molecule has 0 radical (unpaired) electrons. The maximum absolute atomic E-state index is 12.4. The summed E-state index contributed by atoms with van der Waals surface area (Å²) in [6.07, 6.45) is -2.57. The molecule has 100 valence electrons. The van der Waals surface area contributed by atoms with Crippen LogP contribution in [0.25, 0.3) is 0 Å². The Kier molecular flexibility index (Phi) is 4.02. The van der Waals surface area contributed by atoms with E-state index in [9.17, 15) is 13.2 Å². The van der Waals surface area contributed by atoms with Gasteiger partial charge in [0.25, 0.3) is 0 Å². The molecule has 5 heteroatoms. The van der Waals surface area contributed by atoms with Gasteiger partial charge < -0.3 is 4.74 Å². The van der Waals surface area contributed by atoms with Crippen LogP contribution in [0.15, 0.2) is 24.3 Å². The minimum atomic E-state index is -4.26. The topological polar surface area (TPSA) is 9.23 Å². The standard InChI is InChI=1S/C13H14BrF3O/c14-8-12(5-6-18-9-12)7-10-1-3-11(4-2-10)13(15,16)17/h1-4H,5-9H2. The average molecular weight is 323 g/mol. The lowest BCUT2D eigenvalue weighted by molar-refractivity contribution is -0.137. The number of ether oxygens (including phenoxy) is 1. The van der Waals surface area contributed by atoms with Crippen molar-refractivity contribution < 1.29 is 17.9 Å². The van der Waals surface area contributed by atoms with Crippen molar-refractivity contribution in [2.45, 2.75) is 19.0 Å². The summed E-state index contributed by atoms with van der Waals surface area (Å²) in [6, 6.07) is 5.41. The van der Waals surface area contributed by atoms with E-state index < -0.39 is 11.7 Å². The molecule has 1 fully saturated rings. The van der Waals surface area contributed by atoms with E-state index in [2.05, 4.69) is 15.9 Å². The molecule has 1 aromatic carbocycles. The first-order valence-electron chi connectivity index (χ1n) is 5.75. The van der Waals surface area contributed by atoms with E-state index >= 15 is 0 Å². The van der Waals surface area contributed by atoms with E-state index in [1.807, 2.05) is 0 Å². The maximum Gasteiger partial charge on any atom is 0.416 e. The third kappa shape index (κ3) is 3.06. The van der Waals surface area contributed by atoms with Crippen molar-refractivity contribution in [1.29, 1.82) is 0 Å². The van der Waals surface area contributed by atoms with Crippen molar-refractivity contribution in [2.75, 3.05) is 18.5 Å². The highest BCUT2D eigenvalue weighted by atomic mass is 79.9. The summed E-state index contributed by atoms with van der Waals surface area (Å²) in [5.41, 5.74) is 0.356. The predicted octanol–water partition coefficient (Wildman–Crippen LogP) is 4.05. The lowest BCUT2D eigenvalue weighted by Gasteiger charge is -2.24. The lowest BCUT2D eigenvalue weighted by Crippen LogP contribution is -2.25. The first kappa shape index (κ1) is 13.9. The van der Waals surface area contributed by atoms with E-state index in [-0.39, 0.29) is 5.41 Å². The van der Waals surface area contributed by atoms with Gasteiger partial charge >= 0.3 is 6.18 Å². The summed E-state index contributed by atoms with van der Waals surface area (Å²) < 4.78 is 42.7. The van der Waals surface area contributed by atoms with Crippen LogP contribution in [0.1, 0.15) is 17.5 Å². The molecule has 18 heavy (non-hydrogen) atoms. The molecule has 0 aliphatic carbocycles. The van der Waals surface area contributed by atoms with Crippen LogP contribution in [-0.2, 0) is 17.3 Å². The average Bonchev–Trinajstić information content (AvgIpc) is 2.78. The molecule has 0 bridgehead atoms. The number of benzene rings is 1. The smallest absolute Gasteiger partial charge is 0.381 e. The van der Waals surface area contributed by atoms with Gasteiger partial charge in [0.15, 0.2) is 0 Å². The molecule has 1 heterocycles. The van der Waals surface area contributed by atoms with Crippen LogP contribution < -0.4 is 0 Å². The Morgan fingerprint density at radius 2 is 1.89 bits per heavy atom. The van der Waals surface area contributed by atoms with Crippen molar-refractivity contribution in [3.05, 3.63) is 35.4 Å². The first-order valence-corrected chi connectivity index (χ1v) is 6.87. The van der Waals surface area contributed by atoms with Crippen molar-refractivity contribution >= 4 is 15.9 Å². The van der Waals surface area contributed by atoms with E-state index in [1.54, 1.807) is 12.1 Å². The third-order valence-electron chi connectivity index (χ3n) is 3.33. The Bertz CT molecular complexity index is 394. The Morgan fingerprint density at radius 1 is 1.22 bits per heavy atom. The van der Waals surface area contributed by atoms with Crippen LogP contribution >= 0.6 is 15.9 Å². The van der Waals surface area contributed by atoms with Crippen LogP contribution in [-0.4, -0.2) is 18.5 Å². The quantitative estimate of drug-likeness (QED) is 0.763. The Labute approximate surface area is 112 Å². The summed E-state index contributed by atoms with van der Waals surface area (Å²) >= 11 is 3.48. The molecule has 0 spiro atoms. The highest BCUT2D eigenvalue weighted by Gasteiger charge is 2.34. The SMILES string of the molecule is FC(F)(F)c1ccc(CC2(CBr)CCOC2)cc1. The Hall–Kier alpha value is -0.550. The molecule has 0 aromatic heterocycles. The normalized spacial score (nSPS) is 24.4. The molecule has 1 aromatic rings. The zero-order valence-electron chi connectivity index (χ0n) is 9.77. The Morgan fingerprint density at radius 3 is 2.33 bits per heavy atom. The second-order valence-corrected chi connectivity index (χ2v) is 5.37. The van der Waals surface area contributed by atoms with Gasteiger partial charge in [-0.25, -0.2) is 0 Å². The third-order valence-corrected chi connectivity index (χ3v) is 4.52. The molecule has 1 aliphatic heterocycles. The van der Waals surface area contributed by atoms with Crippen molar-refractivity contribution in [3.8, 4) is 0 Å². The maximum atomic E-state index is 12.4. The van der Waals surface area contributed by atoms with Gasteiger partial charge in [0, 0.05) is 17.4 Å². The van der Waals surface area contributed by atoms with Crippen LogP contribution in [0.3, 0.4) is 0 Å². The lowest BCUT2D eigenvalue weighted by atomic mass is 9.83. The molecular formula is C13H14BrF3O. The molecular weight excluding hydrogens is 309 g/mol. The second-order valence-electron chi connectivity index (χ2n) is 4.81. The van der Waals surface area contributed by atoms with Gasteiger partial charge in [0.1, 0.15) is 0 Å². The van der Waals surface area contributed by atoms with E-state index in [0.717, 1.165) is 42.5 Å². The van der Waals surface area contributed by atoms with Crippen LogP contribution in [0.4, 0.5) is 13.2 Å². The zero-order chi connectivity index (χ0) is 13.2. The molecule has 1 unspecified atom stereocenters. The van der Waals surface area contributed by atoms with Gasteiger partial charge in [-0.2, -0.15) is 13.2 Å². The van der Waals surface area contributed by atoms with Gasteiger partial charge in [-0.15, -0.1) is 0 Å². The highest BCUT2D eigenvalue weighted by Crippen LogP contribution is 2.35. The molecule has 0 N–H and O–H groups in total. The summed E-state index contributed by atoms with van der Waals surface area (Å²) in [5.74, 6) is 0. The number of rotatable bonds is 3.